The molecular weight excluding hydrogens is 336 g/mol. The molecule has 0 atom stereocenters. The highest BCUT2D eigenvalue weighted by Gasteiger charge is 2.21. The molecule has 8 heteroatoms. The molecule has 2 heterocycles. The predicted octanol–water partition coefficient (Wildman–Crippen LogP) is 2.45. The highest BCUT2D eigenvalue weighted by molar-refractivity contribution is 6.05. The summed E-state index contributed by atoms with van der Waals surface area (Å²) in [6.45, 7) is 0.316. The summed E-state index contributed by atoms with van der Waals surface area (Å²) in [7, 11) is 2.87. The van der Waals surface area contributed by atoms with Crippen molar-refractivity contribution in [3.8, 4) is 5.75 Å². The Labute approximate surface area is 149 Å². The van der Waals surface area contributed by atoms with Crippen molar-refractivity contribution in [2.24, 2.45) is 0 Å². The lowest BCUT2D eigenvalue weighted by molar-refractivity contribution is 0.0604. The van der Waals surface area contributed by atoms with Crippen molar-refractivity contribution in [3.05, 3.63) is 59.8 Å². The Kier molecular flexibility index (Phi) is 5.02. The lowest BCUT2D eigenvalue weighted by Gasteiger charge is -2.07. The van der Waals surface area contributed by atoms with E-state index in [1.165, 1.54) is 11.6 Å². The normalized spacial score (nSPS) is 10.4. The molecule has 3 aromatic rings. The molecule has 0 aliphatic carbocycles. The lowest BCUT2D eigenvalue weighted by Crippen LogP contribution is -2.29. The molecule has 2 aromatic heterocycles. The Balaban J connectivity index is 1.73. The number of amides is 2. The Morgan fingerprint density at radius 2 is 1.88 bits per heavy atom. The summed E-state index contributed by atoms with van der Waals surface area (Å²) >= 11 is 0. The van der Waals surface area contributed by atoms with Crippen LogP contribution in [-0.4, -0.2) is 35.8 Å². The van der Waals surface area contributed by atoms with Gasteiger partial charge in [-0.1, -0.05) is 18.2 Å². The Morgan fingerprint density at radius 1 is 1.12 bits per heavy atom. The van der Waals surface area contributed by atoms with Crippen molar-refractivity contribution in [2.75, 3.05) is 19.5 Å². The fraction of sp³-hybridized carbons (Fsp3) is 0.167. The number of carbonyl (C=O) groups excluding carboxylic acids is 2. The number of fused-ring (bicyclic) bond motifs is 1. The summed E-state index contributed by atoms with van der Waals surface area (Å²) in [4.78, 5) is 24.3. The first-order valence-electron chi connectivity index (χ1n) is 7.86. The summed E-state index contributed by atoms with van der Waals surface area (Å²) in [6, 6.07) is 12.1. The molecule has 2 amide bonds. The van der Waals surface area contributed by atoms with Crippen molar-refractivity contribution in [2.45, 2.75) is 6.54 Å². The van der Waals surface area contributed by atoms with Crippen LogP contribution in [0.5, 0.6) is 5.75 Å². The maximum absolute atomic E-state index is 12.2. The van der Waals surface area contributed by atoms with E-state index in [9.17, 15) is 9.59 Å². The Hall–Kier alpha value is -3.55. The van der Waals surface area contributed by atoms with E-state index in [4.69, 9.17) is 9.47 Å². The number of hydrogen-bond acceptors (Lipinski definition) is 5. The minimum Gasteiger partial charge on any atom is -0.497 e. The zero-order chi connectivity index (χ0) is 18.5. The summed E-state index contributed by atoms with van der Waals surface area (Å²) in [6.07, 6.45) is 1.68. The van der Waals surface area contributed by atoms with Gasteiger partial charge in [-0.15, -0.1) is 5.10 Å². The first-order valence-corrected chi connectivity index (χ1v) is 7.86. The number of nitrogens with one attached hydrogen (secondary N) is 2. The number of methoxy groups -OCH3 is 2. The molecule has 1 aromatic carbocycles. The largest absolute Gasteiger partial charge is 0.497 e. The van der Waals surface area contributed by atoms with Gasteiger partial charge in [0, 0.05) is 12.7 Å². The first-order chi connectivity index (χ1) is 12.6. The number of esters is 1. The lowest BCUT2D eigenvalue weighted by atomic mass is 10.2. The second-order valence-electron chi connectivity index (χ2n) is 5.40. The maximum atomic E-state index is 12.2. The third-order valence-electron chi connectivity index (χ3n) is 3.77. The van der Waals surface area contributed by atoms with E-state index in [0.717, 1.165) is 11.3 Å². The number of carbonyl (C=O) groups is 2. The highest BCUT2D eigenvalue weighted by Crippen LogP contribution is 2.21. The quantitative estimate of drug-likeness (QED) is 0.687. The number of hydrogen-bond donors (Lipinski definition) is 2. The van der Waals surface area contributed by atoms with E-state index in [2.05, 4.69) is 15.7 Å². The summed E-state index contributed by atoms with van der Waals surface area (Å²) in [5.74, 6) is 0.303. The van der Waals surface area contributed by atoms with Gasteiger partial charge in [0.1, 0.15) is 11.3 Å². The van der Waals surface area contributed by atoms with Crippen LogP contribution in [0.25, 0.3) is 5.52 Å². The minimum atomic E-state index is -0.573. The van der Waals surface area contributed by atoms with E-state index in [1.807, 2.05) is 24.3 Å². The Bertz CT molecular complexity index is 934. The van der Waals surface area contributed by atoms with Gasteiger partial charge in [0.15, 0.2) is 5.82 Å². The summed E-state index contributed by atoms with van der Waals surface area (Å²) < 4.78 is 11.4. The van der Waals surface area contributed by atoms with Gasteiger partial charge in [-0.3, -0.25) is 5.32 Å². The van der Waals surface area contributed by atoms with Crippen LogP contribution in [0.4, 0.5) is 10.6 Å². The predicted molar refractivity (Wildman–Crippen MR) is 95.4 cm³/mol. The van der Waals surface area contributed by atoms with Crippen molar-refractivity contribution in [1.82, 2.24) is 14.9 Å². The molecule has 3 rings (SSSR count). The SMILES string of the molecule is COC(=O)c1c(NC(=O)NCc2ccc(OC)cc2)nn2ccccc12. The number of ether oxygens (including phenoxy) is 2. The van der Waals surface area contributed by atoms with Gasteiger partial charge in [-0.05, 0) is 29.8 Å². The zero-order valence-electron chi connectivity index (χ0n) is 14.4. The number of aromatic nitrogens is 2. The zero-order valence-corrected chi connectivity index (χ0v) is 14.4. The van der Waals surface area contributed by atoms with Crippen LogP contribution >= 0.6 is 0 Å². The topological polar surface area (TPSA) is 94.0 Å². The molecule has 0 spiro atoms. The monoisotopic (exact) mass is 354 g/mol. The van der Waals surface area contributed by atoms with E-state index < -0.39 is 12.0 Å². The highest BCUT2D eigenvalue weighted by atomic mass is 16.5. The van der Waals surface area contributed by atoms with Crippen LogP contribution < -0.4 is 15.4 Å². The van der Waals surface area contributed by atoms with Crippen molar-refractivity contribution < 1.29 is 19.1 Å². The van der Waals surface area contributed by atoms with Gasteiger partial charge < -0.3 is 14.8 Å². The number of urea groups is 1. The van der Waals surface area contributed by atoms with Gasteiger partial charge in [0.25, 0.3) is 0 Å². The molecule has 134 valence electrons. The molecule has 0 aliphatic heterocycles. The molecule has 26 heavy (non-hydrogen) atoms. The second kappa shape index (κ2) is 7.56. The first kappa shape index (κ1) is 17.3. The molecule has 0 saturated carbocycles. The van der Waals surface area contributed by atoms with Crippen molar-refractivity contribution >= 4 is 23.3 Å². The molecule has 0 radical (unpaired) electrons. The molecule has 8 nitrogen and oxygen atoms in total. The maximum Gasteiger partial charge on any atom is 0.343 e. The number of rotatable bonds is 5. The molecule has 0 fully saturated rings. The van der Waals surface area contributed by atoms with Crippen molar-refractivity contribution in [3.63, 3.8) is 0 Å². The smallest absolute Gasteiger partial charge is 0.343 e. The van der Waals surface area contributed by atoms with Crippen LogP contribution in [0.3, 0.4) is 0 Å². The van der Waals surface area contributed by atoms with Gasteiger partial charge >= 0.3 is 12.0 Å². The third kappa shape index (κ3) is 3.59. The molecular formula is C18H18N4O4. The fourth-order valence-corrected chi connectivity index (χ4v) is 2.47. The van der Waals surface area contributed by atoms with Crippen LogP contribution in [0.2, 0.25) is 0 Å². The van der Waals surface area contributed by atoms with Gasteiger partial charge in [-0.25, -0.2) is 14.1 Å². The average molecular weight is 354 g/mol. The number of anilines is 1. The summed E-state index contributed by atoms with van der Waals surface area (Å²) in [5, 5.41) is 9.55. The van der Waals surface area contributed by atoms with Gasteiger partial charge in [-0.2, -0.15) is 0 Å². The Morgan fingerprint density at radius 3 is 2.58 bits per heavy atom. The second-order valence-corrected chi connectivity index (χ2v) is 5.40. The molecule has 0 bridgehead atoms. The van der Waals surface area contributed by atoms with Gasteiger partial charge in [0.2, 0.25) is 0 Å². The standard InChI is InChI=1S/C18H18N4O4/c1-25-13-8-6-12(7-9-13)11-19-18(24)20-16-15(17(23)26-2)14-5-3-4-10-22(14)21-16/h3-10H,11H2,1-2H3,(H2,19,20,21,24). The minimum absolute atomic E-state index is 0.135. The average Bonchev–Trinajstić information content (AvgIpc) is 3.03. The van der Waals surface area contributed by atoms with E-state index >= 15 is 0 Å². The van der Waals surface area contributed by atoms with E-state index in [0.29, 0.717) is 12.1 Å². The van der Waals surface area contributed by atoms with Crippen LogP contribution in [0.15, 0.2) is 48.7 Å². The van der Waals surface area contributed by atoms with Crippen LogP contribution in [-0.2, 0) is 11.3 Å². The molecule has 0 unspecified atom stereocenters. The van der Waals surface area contributed by atoms with E-state index in [1.54, 1.807) is 31.5 Å². The number of pyridine rings is 1. The molecule has 0 aliphatic rings. The number of nitrogens with zero attached hydrogens (tertiary/aromatic N) is 2. The fourth-order valence-electron chi connectivity index (χ4n) is 2.47. The van der Waals surface area contributed by atoms with E-state index in [-0.39, 0.29) is 11.4 Å². The van der Waals surface area contributed by atoms with Crippen LogP contribution in [0, 0.1) is 0 Å². The summed E-state index contributed by atoms with van der Waals surface area (Å²) in [5.41, 5.74) is 1.65. The molecule has 2 N–H and O–H groups in total. The van der Waals surface area contributed by atoms with Crippen molar-refractivity contribution in [1.29, 1.82) is 0 Å². The number of benzene rings is 1. The molecule has 0 saturated heterocycles. The van der Waals surface area contributed by atoms with Gasteiger partial charge in [0.05, 0.1) is 19.7 Å². The van der Waals surface area contributed by atoms with Crippen LogP contribution in [0.1, 0.15) is 15.9 Å². The third-order valence-corrected chi connectivity index (χ3v) is 3.77.